The molecular formula is C13H10BrF2NS. The molecule has 0 bridgehead atoms. The second-order valence-electron chi connectivity index (χ2n) is 3.68. The van der Waals surface area contributed by atoms with E-state index in [1.54, 1.807) is 0 Å². The maximum atomic E-state index is 13.5. The first kappa shape index (κ1) is 13.5. The first-order chi connectivity index (χ1) is 8.58. The third-order valence-electron chi connectivity index (χ3n) is 2.29. The lowest BCUT2D eigenvalue weighted by atomic mass is 10.2. The molecule has 0 unspecified atom stereocenters. The summed E-state index contributed by atoms with van der Waals surface area (Å²) in [6, 6.07) is 9.01. The minimum atomic E-state index is -0.451. The van der Waals surface area contributed by atoms with E-state index in [1.807, 2.05) is 18.2 Å². The van der Waals surface area contributed by atoms with Crippen LogP contribution in [0.25, 0.3) is 0 Å². The molecule has 2 aromatic carbocycles. The Morgan fingerprint density at radius 1 is 1.11 bits per heavy atom. The van der Waals surface area contributed by atoms with Crippen LogP contribution in [-0.4, -0.2) is 0 Å². The normalized spacial score (nSPS) is 10.7. The Balaban J connectivity index is 2.33. The second kappa shape index (κ2) is 5.82. The highest BCUT2D eigenvalue weighted by atomic mass is 79.9. The molecule has 2 N–H and O–H groups in total. The van der Waals surface area contributed by atoms with Gasteiger partial charge in [0.1, 0.15) is 11.6 Å². The molecule has 0 aromatic heterocycles. The Labute approximate surface area is 117 Å². The Morgan fingerprint density at radius 3 is 2.61 bits per heavy atom. The predicted molar refractivity (Wildman–Crippen MR) is 72.5 cm³/mol. The summed E-state index contributed by atoms with van der Waals surface area (Å²) >= 11 is 4.53. The van der Waals surface area contributed by atoms with E-state index in [2.05, 4.69) is 15.9 Å². The van der Waals surface area contributed by atoms with E-state index >= 15 is 0 Å². The van der Waals surface area contributed by atoms with Gasteiger partial charge < -0.3 is 5.73 Å². The number of hydrogen-bond donors (Lipinski definition) is 1. The molecule has 0 spiro atoms. The summed E-state index contributed by atoms with van der Waals surface area (Å²) in [7, 11) is 0. The van der Waals surface area contributed by atoms with Gasteiger partial charge in [-0.25, -0.2) is 8.78 Å². The van der Waals surface area contributed by atoms with Crippen LogP contribution in [0.1, 0.15) is 5.56 Å². The third-order valence-corrected chi connectivity index (χ3v) is 3.75. The van der Waals surface area contributed by atoms with Gasteiger partial charge in [-0.2, -0.15) is 0 Å². The number of halogens is 3. The van der Waals surface area contributed by atoms with Crippen LogP contribution in [0.5, 0.6) is 0 Å². The summed E-state index contributed by atoms with van der Waals surface area (Å²) in [6.07, 6.45) is 0. The molecule has 94 valence electrons. The monoisotopic (exact) mass is 329 g/mol. The van der Waals surface area contributed by atoms with Gasteiger partial charge in [-0.05, 0) is 42.0 Å². The molecule has 18 heavy (non-hydrogen) atoms. The average molecular weight is 330 g/mol. The highest BCUT2D eigenvalue weighted by Crippen LogP contribution is 2.32. The molecule has 1 nitrogen and oxygen atoms in total. The maximum Gasteiger partial charge on any atom is 0.137 e. The number of hydrogen-bond acceptors (Lipinski definition) is 2. The molecule has 0 saturated heterocycles. The molecule has 0 fully saturated rings. The standard InChI is InChI=1S/C13H10BrF2NS/c14-9-3-8(7-17)4-11(5-9)18-13-6-10(15)1-2-12(13)16/h1-6H,7,17H2. The van der Waals surface area contributed by atoms with Crippen molar-refractivity contribution in [1.82, 2.24) is 0 Å². The van der Waals surface area contributed by atoms with Crippen molar-refractivity contribution in [2.75, 3.05) is 0 Å². The van der Waals surface area contributed by atoms with Gasteiger partial charge in [0.2, 0.25) is 0 Å². The molecule has 0 radical (unpaired) electrons. The van der Waals surface area contributed by atoms with E-state index in [4.69, 9.17) is 5.73 Å². The topological polar surface area (TPSA) is 26.0 Å². The van der Waals surface area contributed by atoms with Crippen molar-refractivity contribution >= 4 is 27.7 Å². The molecule has 0 atom stereocenters. The second-order valence-corrected chi connectivity index (χ2v) is 5.71. The van der Waals surface area contributed by atoms with Crippen molar-refractivity contribution in [2.45, 2.75) is 16.3 Å². The van der Waals surface area contributed by atoms with E-state index < -0.39 is 11.6 Å². The molecule has 2 aromatic rings. The smallest absolute Gasteiger partial charge is 0.137 e. The van der Waals surface area contributed by atoms with Crippen molar-refractivity contribution in [3.8, 4) is 0 Å². The molecule has 2 rings (SSSR count). The summed E-state index contributed by atoms with van der Waals surface area (Å²) in [6.45, 7) is 0.401. The molecular weight excluding hydrogens is 320 g/mol. The Bertz CT molecular complexity index is 575. The van der Waals surface area contributed by atoms with Crippen LogP contribution in [0.4, 0.5) is 8.78 Å². The lowest BCUT2D eigenvalue weighted by Gasteiger charge is -2.06. The molecule has 0 aliphatic carbocycles. The molecule has 0 aliphatic heterocycles. The zero-order valence-corrected chi connectivity index (χ0v) is 11.7. The SMILES string of the molecule is NCc1cc(Br)cc(Sc2cc(F)ccc2F)c1. The van der Waals surface area contributed by atoms with Gasteiger partial charge in [0, 0.05) is 15.9 Å². The van der Waals surface area contributed by atoms with Crippen LogP contribution in [-0.2, 0) is 6.54 Å². The Morgan fingerprint density at radius 2 is 1.89 bits per heavy atom. The fourth-order valence-corrected chi connectivity index (χ4v) is 3.16. The van der Waals surface area contributed by atoms with E-state index in [0.29, 0.717) is 6.54 Å². The van der Waals surface area contributed by atoms with Crippen molar-refractivity contribution in [1.29, 1.82) is 0 Å². The fraction of sp³-hybridized carbons (Fsp3) is 0.0769. The largest absolute Gasteiger partial charge is 0.326 e. The van der Waals surface area contributed by atoms with E-state index in [-0.39, 0.29) is 4.90 Å². The van der Waals surface area contributed by atoms with Crippen LogP contribution >= 0.6 is 27.7 Å². The van der Waals surface area contributed by atoms with Gasteiger partial charge in [-0.1, -0.05) is 27.7 Å². The van der Waals surface area contributed by atoms with Crippen molar-refractivity contribution in [3.63, 3.8) is 0 Å². The van der Waals surface area contributed by atoms with Gasteiger partial charge in [0.15, 0.2) is 0 Å². The van der Waals surface area contributed by atoms with Gasteiger partial charge in [0.05, 0.1) is 4.90 Å². The number of nitrogens with two attached hydrogens (primary N) is 1. The minimum Gasteiger partial charge on any atom is -0.326 e. The average Bonchev–Trinajstić information content (AvgIpc) is 2.33. The van der Waals surface area contributed by atoms with Crippen molar-refractivity contribution < 1.29 is 8.78 Å². The van der Waals surface area contributed by atoms with Gasteiger partial charge in [-0.3, -0.25) is 0 Å². The molecule has 0 saturated carbocycles. The zero-order chi connectivity index (χ0) is 13.1. The van der Waals surface area contributed by atoms with E-state index in [0.717, 1.165) is 27.1 Å². The summed E-state index contributed by atoms with van der Waals surface area (Å²) < 4.78 is 27.4. The minimum absolute atomic E-state index is 0.260. The van der Waals surface area contributed by atoms with Crippen LogP contribution < -0.4 is 5.73 Å². The Kier molecular flexibility index (Phi) is 4.37. The van der Waals surface area contributed by atoms with E-state index in [1.165, 1.54) is 17.8 Å². The Hall–Kier alpha value is -0.910. The summed E-state index contributed by atoms with van der Waals surface area (Å²) in [5.41, 5.74) is 6.50. The van der Waals surface area contributed by atoms with Crippen LogP contribution in [0.3, 0.4) is 0 Å². The quantitative estimate of drug-likeness (QED) is 0.906. The third kappa shape index (κ3) is 3.31. The summed E-state index contributed by atoms with van der Waals surface area (Å²) in [5.74, 6) is -0.886. The summed E-state index contributed by atoms with van der Waals surface area (Å²) in [4.78, 5) is 1.07. The van der Waals surface area contributed by atoms with Crippen LogP contribution in [0, 0.1) is 11.6 Å². The molecule has 0 amide bonds. The zero-order valence-electron chi connectivity index (χ0n) is 9.29. The van der Waals surface area contributed by atoms with Gasteiger partial charge in [-0.15, -0.1) is 0 Å². The van der Waals surface area contributed by atoms with Crippen LogP contribution in [0.15, 0.2) is 50.7 Å². The van der Waals surface area contributed by atoms with Gasteiger partial charge in [0.25, 0.3) is 0 Å². The van der Waals surface area contributed by atoms with E-state index in [9.17, 15) is 8.78 Å². The van der Waals surface area contributed by atoms with Crippen molar-refractivity contribution in [3.05, 3.63) is 58.1 Å². The maximum absolute atomic E-state index is 13.5. The molecule has 0 aliphatic rings. The first-order valence-electron chi connectivity index (χ1n) is 5.21. The van der Waals surface area contributed by atoms with Gasteiger partial charge >= 0.3 is 0 Å². The van der Waals surface area contributed by atoms with Crippen molar-refractivity contribution in [2.24, 2.45) is 5.73 Å². The fourth-order valence-electron chi connectivity index (χ4n) is 1.48. The number of rotatable bonds is 3. The molecule has 0 heterocycles. The van der Waals surface area contributed by atoms with Crippen LogP contribution in [0.2, 0.25) is 0 Å². The lowest BCUT2D eigenvalue weighted by Crippen LogP contribution is -1.96. The molecule has 5 heteroatoms. The lowest BCUT2D eigenvalue weighted by molar-refractivity contribution is 0.577. The summed E-state index contributed by atoms with van der Waals surface area (Å²) in [5, 5.41) is 0. The number of benzene rings is 2. The highest BCUT2D eigenvalue weighted by molar-refractivity contribution is 9.10. The highest BCUT2D eigenvalue weighted by Gasteiger charge is 2.07. The predicted octanol–water partition coefficient (Wildman–Crippen LogP) is 4.34. The first-order valence-corrected chi connectivity index (χ1v) is 6.82.